The summed E-state index contributed by atoms with van der Waals surface area (Å²) in [5.41, 5.74) is 9.78. The van der Waals surface area contributed by atoms with Crippen molar-refractivity contribution in [1.29, 1.82) is 10.5 Å². The van der Waals surface area contributed by atoms with Gasteiger partial charge in [-0.1, -0.05) is 37.4 Å². The minimum atomic E-state index is -0.0886. The van der Waals surface area contributed by atoms with E-state index >= 15 is 0 Å². The van der Waals surface area contributed by atoms with Gasteiger partial charge in [0.1, 0.15) is 45.9 Å². The molecule has 0 bridgehead atoms. The average Bonchev–Trinajstić information content (AvgIpc) is 3.23. The number of anilines is 1. The van der Waals surface area contributed by atoms with Gasteiger partial charge in [0, 0.05) is 5.56 Å². The first-order chi connectivity index (χ1) is 16.0. The van der Waals surface area contributed by atoms with E-state index in [1.807, 2.05) is 13.0 Å². The van der Waals surface area contributed by atoms with Gasteiger partial charge in [-0.2, -0.15) is 10.5 Å². The molecule has 34 heavy (non-hydrogen) atoms. The third-order valence-corrected chi connectivity index (χ3v) is 7.04. The average molecular weight is 490 g/mol. The number of aromatic nitrogens is 2. The van der Waals surface area contributed by atoms with E-state index in [4.69, 9.17) is 15.6 Å². The lowest BCUT2D eigenvalue weighted by atomic mass is 9.97. The number of hydrogen-bond donors (Lipinski definition) is 2. The van der Waals surface area contributed by atoms with Crippen LogP contribution >= 0.6 is 23.1 Å². The van der Waals surface area contributed by atoms with Crippen molar-refractivity contribution in [1.82, 2.24) is 9.97 Å². The number of ether oxygens (including phenoxy) is 1. The SMILES string of the molecule is C.Cc1ccc2sc(CSc3nc(N)c(C#N)c(-c4ccc(OCCO)cc4)c3C#N)nc2c1. The Morgan fingerprint density at radius 3 is 2.50 bits per heavy atom. The number of benzene rings is 2. The van der Waals surface area contributed by atoms with Gasteiger partial charge < -0.3 is 15.6 Å². The van der Waals surface area contributed by atoms with Crippen molar-refractivity contribution in [3.8, 4) is 29.0 Å². The van der Waals surface area contributed by atoms with Gasteiger partial charge in [0.2, 0.25) is 0 Å². The van der Waals surface area contributed by atoms with Crippen LogP contribution in [0.4, 0.5) is 5.82 Å². The quantitative estimate of drug-likeness (QED) is 0.335. The number of aliphatic hydroxyl groups excluding tert-OH is 1. The summed E-state index contributed by atoms with van der Waals surface area (Å²) >= 11 is 2.97. The third-order valence-electron chi connectivity index (χ3n) is 4.84. The second kappa shape index (κ2) is 11.0. The van der Waals surface area contributed by atoms with Gasteiger partial charge in [0.05, 0.1) is 28.1 Å². The minimum absolute atomic E-state index is 0. The van der Waals surface area contributed by atoms with Crippen molar-refractivity contribution in [3.63, 3.8) is 0 Å². The molecule has 0 saturated heterocycles. The summed E-state index contributed by atoms with van der Waals surface area (Å²) < 4.78 is 6.50. The summed E-state index contributed by atoms with van der Waals surface area (Å²) in [5, 5.41) is 30.0. The summed E-state index contributed by atoms with van der Waals surface area (Å²) in [7, 11) is 0. The van der Waals surface area contributed by atoms with Crippen LogP contribution in [0.15, 0.2) is 47.5 Å². The number of thioether (sulfide) groups is 1. The molecule has 2 heterocycles. The fourth-order valence-electron chi connectivity index (χ4n) is 3.35. The summed E-state index contributed by atoms with van der Waals surface area (Å²) in [6.45, 7) is 2.12. The predicted octanol–water partition coefficient (Wildman–Crippen LogP) is 5.29. The molecule has 0 unspecified atom stereocenters. The third kappa shape index (κ3) is 5.13. The molecule has 0 aliphatic carbocycles. The number of nitriles is 2. The molecule has 9 heteroatoms. The van der Waals surface area contributed by atoms with Crippen LogP contribution in [0.25, 0.3) is 21.3 Å². The molecule has 0 fully saturated rings. The zero-order valence-electron chi connectivity index (χ0n) is 17.7. The van der Waals surface area contributed by atoms with Crippen LogP contribution < -0.4 is 10.5 Å². The lowest BCUT2D eigenvalue weighted by Crippen LogP contribution is -2.04. The number of nitrogens with two attached hydrogens (primary N) is 1. The molecule has 2 aromatic heterocycles. The van der Waals surface area contributed by atoms with E-state index in [1.165, 1.54) is 11.8 Å². The van der Waals surface area contributed by atoms with E-state index in [1.54, 1.807) is 35.6 Å². The van der Waals surface area contributed by atoms with Crippen LogP contribution in [0.1, 0.15) is 29.1 Å². The molecular weight excluding hydrogens is 466 g/mol. The largest absolute Gasteiger partial charge is 0.491 e. The van der Waals surface area contributed by atoms with Crippen molar-refractivity contribution in [2.24, 2.45) is 0 Å². The molecule has 4 aromatic rings. The van der Waals surface area contributed by atoms with Gasteiger partial charge in [0.15, 0.2) is 0 Å². The minimum Gasteiger partial charge on any atom is -0.491 e. The number of aryl methyl sites for hydroxylation is 1. The number of nitrogens with zero attached hydrogens (tertiary/aromatic N) is 4. The summed E-state index contributed by atoms with van der Waals surface area (Å²) in [6, 6.07) is 17.4. The lowest BCUT2D eigenvalue weighted by molar-refractivity contribution is 0.201. The van der Waals surface area contributed by atoms with E-state index in [0.717, 1.165) is 20.8 Å². The Balaban J connectivity index is 0.00000324. The number of hydrogen-bond acceptors (Lipinski definition) is 9. The standard InChI is InChI=1S/C24H19N5O2S2.CH4/c1-14-2-7-20-19(10-14)28-21(33-20)13-32-24-18(12-26)22(17(11-25)23(27)29-24)15-3-5-16(6-4-15)31-9-8-30;/h2-7,10,30H,8-9,13H2,1H3,(H2,27,29);1H4. The zero-order valence-corrected chi connectivity index (χ0v) is 19.3. The Kier molecular flexibility index (Phi) is 8.08. The molecule has 7 nitrogen and oxygen atoms in total. The highest BCUT2D eigenvalue weighted by molar-refractivity contribution is 7.98. The Morgan fingerprint density at radius 1 is 1.09 bits per heavy atom. The molecule has 3 N–H and O–H groups in total. The molecule has 172 valence electrons. The van der Waals surface area contributed by atoms with Crippen molar-refractivity contribution in [2.45, 2.75) is 25.1 Å². The first-order valence-corrected chi connectivity index (χ1v) is 11.8. The van der Waals surface area contributed by atoms with Crippen molar-refractivity contribution in [3.05, 3.63) is 64.2 Å². The van der Waals surface area contributed by atoms with Gasteiger partial charge in [-0.3, -0.25) is 0 Å². The molecule has 0 spiro atoms. The lowest BCUT2D eigenvalue weighted by Gasteiger charge is -2.13. The fourth-order valence-corrected chi connectivity index (χ4v) is 5.28. The van der Waals surface area contributed by atoms with E-state index in [-0.39, 0.29) is 32.0 Å². The maximum Gasteiger partial charge on any atom is 0.143 e. The molecule has 2 aromatic carbocycles. The van der Waals surface area contributed by atoms with Crippen LogP contribution in [0.5, 0.6) is 5.75 Å². The molecule has 0 radical (unpaired) electrons. The molecule has 0 saturated carbocycles. The van der Waals surface area contributed by atoms with Gasteiger partial charge in [-0.05, 0) is 42.3 Å². The number of rotatable bonds is 7. The van der Waals surface area contributed by atoms with Crippen molar-refractivity contribution >= 4 is 39.1 Å². The Hall–Kier alpha value is -3.63. The predicted molar refractivity (Wildman–Crippen MR) is 137 cm³/mol. The Bertz CT molecular complexity index is 1400. The Labute approximate surface area is 206 Å². The fraction of sp³-hybridized carbons (Fsp3) is 0.200. The van der Waals surface area contributed by atoms with Crippen LogP contribution in [0.3, 0.4) is 0 Å². The summed E-state index contributed by atoms with van der Waals surface area (Å²) in [4.78, 5) is 9.05. The molecule has 0 aliphatic heterocycles. The number of pyridine rings is 1. The molecule has 0 aliphatic rings. The van der Waals surface area contributed by atoms with Crippen molar-refractivity contribution in [2.75, 3.05) is 18.9 Å². The molecule has 4 rings (SSSR count). The monoisotopic (exact) mass is 489 g/mol. The number of thiazole rings is 1. The van der Waals surface area contributed by atoms with E-state index in [2.05, 4.69) is 34.2 Å². The normalized spacial score (nSPS) is 10.4. The summed E-state index contributed by atoms with van der Waals surface area (Å²) in [5.74, 6) is 1.18. The number of nitrogen functional groups attached to an aromatic ring is 1. The van der Waals surface area contributed by atoms with Gasteiger partial charge >= 0.3 is 0 Å². The molecule has 0 atom stereocenters. The van der Waals surface area contributed by atoms with Gasteiger partial charge in [-0.15, -0.1) is 11.3 Å². The van der Waals surface area contributed by atoms with E-state index < -0.39 is 0 Å². The zero-order chi connectivity index (χ0) is 23.4. The van der Waals surface area contributed by atoms with Crippen LogP contribution in [-0.4, -0.2) is 28.3 Å². The van der Waals surface area contributed by atoms with Gasteiger partial charge in [0.25, 0.3) is 0 Å². The van der Waals surface area contributed by atoms with Gasteiger partial charge in [-0.25, -0.2) is 9.97 Å². The first kappa shape index (κ1) is 25.0. The maximum atomic E-state index is 9.97. The van der Waals surface area contributed by atoms with Crippen LogP contribution in [0, 0.1) is 29.6 Å². The Morgan fingerprint density at radius 2 is 1.82 bits per heavy atom. The first-order valence-electron chi connectivity index (χ1n) is 10.0. The topological polar surface area (TPSA) is 129 Å². The van der Waals surface area contributed by atoms with Crippen LogP contribution in [0.2, 0.25) is 0 Å². The van der Waals surface area contributed by atoms with E-state index in [0.29, 0.717) is 33.2 Å². The second-order valence-corrected chi connectivity index (χ2v) is 9.19. The second-order valence-electron chi connectivity index (χ2n) is 7.11. The molecule has 0 amide bonds. The summed E-state index contributed by atoms with van der Waals surface area (Å²) in [6.07, 6.45) is 0. The number of aliphatic hydroxyl groups is 1. The highest BCUT2D eigenvalue weighted by Crippen LogP contribution is 2.38. The molecular formula is C25H23N5O2S2. The highest BCUT2D eigenvalue weighted by Gasteiger charge is 2.21. The van der Waals surface area contributed by atoms with E-state index in [9.17, 15) is 10.5 Å². The number of fused-ring (bicyclic) bond motifs is 1. The van der Waals surface area contributed by atoms with Crippen LogP contribution in [-0.2, 0) is 5.75 Å². The van der Waals surface area contributed by atoms with Crippen molar-refractivity contribution < 1.29 is 9.84 Å². The smallest absolute Gasteiger partial charge is 0.143 e. The maximum absolute atomic E-state index is 9.97. The highest BCUT2D eigenvalue weighted by atomic mass is 32.2.